The Hall–Kier alpha value is -0.953. The Morgan fingerprint density at radius 1 is 1.43 bits per heavy atom. The number of allylic oxidation sites excluding steroid dienone is 2. The smallest absolute Gasteiger partial charge is 0.389 e. The Morgan fingerprint density at radius 3 is 2.64 bits per heavy atom. The normalized spacial score (nSPS) is 19.7. The fraction of sp³-hybridized carbons (Fsp3) is 0.375. The Morgan fingerprint density at radius 2 is 2.07 bits per heavy atom. The minimum Gasteiger partial charge on any atom is -0.389 e. The largest absolute Gasteiger partial charge is 0.516 e. The minimum absolute atomic E-state index is 0.196. The summed E-state index contributed by atoms with van der Waals surface area (Å²) in [6.07, 6.45) is 6.60. The topological polar surface area (TPSA) is 81.0 Å². The molecule has 0 saturated carbocycles. The molecule has 0 aromatic carbocycles. The lowest BCUT2D eigenvalue weighted by atomic mass is 10.3. The van der Waals surface area contributed by atoms with Crippen molar-refractivity contribution in [3.63, 3.8) is 0 Å². The SMILES string of the molecule is CC(N1C=CC=CCC1=O)[Si](O)(O)O. The monoisotopic (exact) mass is 215 g/mol. The summed E-state index contributed by atoms with van der Waals surface area (Å²) in [6, 6.07) is 0. The number of carbonyl (C=O) groups excluding carboxylic acids is 1. The molecule has 1 aliphatic rings. The molecule has 0 saturated heterocycles. The molecule has 1 unspecified atom stereocenters. The van der Waals surface area contributed by atoms with Gasteiger partial charge in [-0.05, 0) is 13.0 Å². The summed E-state index contributed by atoms with van der Waals surface area (Å²) in [4.78, 5) is 39.7. The maximum atomic E-state index is 11.4. The molecule has 14 heavy (non-hydrogen) atoms. The van der Waals surface area contributed by atoms with E-state index in [2.05, 4.69) is 0 Å². The highest BCUT2D eigenvalue weighted by atomic mass is 28.4. The Labute approximate surface area is 83.0 Å². The molecule has 3 N–H and O–H groups in total. The first kappa shape index (κ1) is 11.1. The lowest BCUT2D eigenvalue weighted by molar-refractivity contribution is -0.129. The highest BCUT2D eigenvalue weighted by Gasteiger charge is 2.41. The van der Waals surface area contributed by atoms with E-state index in [-0.39, 0.29) is 12.3 Å². The summed E-state index contributed by atoms with van der Waals surface area (Å²) >= 11 is 0. The third-order valence-electron chi connectivity index (χ3n) is 2.05. The molecule has 0 aliphatic carbocycles. The van der Waals surface area contributed by atoms with Crippen LogP contribution in [0.25, 0.3) is 0 Å². The van der Waals surface area contributed by atoms with Crippen LogP contribution in [0, 0.1) is 0 Å². The van der Waals surface area contributed by atoms with E-state index in [4.69, 9.17) is 14.4 Å². The van der Waals surface area contributed by atoms with Crippen LogP contribution in [0.5, 0.6) is 0 Å². The van der Waals surface area contributed by atoms with E-state index in [9.17, 15) is 4.79 Å². The fourth-order valence-corrected chi connectivity index (χ4v) is 1.71. The lowest BCUT2D eigenvalue weighted by Crippen LogP contribution is -2.56. The quantitative estimate of drug-likeness (QED) is 0.523. The van der Waals surface area contributed by atoms with Crippen LogP contribution in [0.1, 0.15) is 13.3 Å². The van der Waals surface area contributed by atoms with E-state index in [1.165, 1.54) is 13.1 Å². The molecule has 0 spiro atoms. The summed E-state index contributed by atoms with van der Waals surface area (Å²) in [5.74, 6) is -0.267. The number of hydrogen-bond donors (Lipinski definition) is 3. The van der Waals surface area contributed by atoms with Crippen molar-refractivity contribution in [1.29, 1.82) is 0 Å². The Kier molecular flexibility index (Phi) is 3.22. The number of amides is 1. The van der Waals surface area contributed by atoms with E-state index in [0.29, 0.717) is 0 Å². The molecule has 1 aliphatic heterocycles. The second kappa shape index (κ2) is 4.05. The van der Waals surface area contributed by atoms with Crippen LogP contribution in [-0.2, 0) is 4.79 Å². The summed E-state index contributed by atoms with van der Waals surface area (Å²) in [5, 5.41) is 0. The maximum absolute atomic E-state index is 11.4. The zero-order valence-electron chi connectivity index (χ0n) is 7.79. The van der Waals surface area contributed by atoms with E-state index < -0.39 is 14.5 Å². The van der Waals surface area contributed by atoms with E-state index in [0.717, 1.165) is 4.90 Å². The van der Waals surface area contributed by atoms with E-state index in [1.54, 1.807) is 18.2 Å². The third kappa shape index (κ3) is 2.52. The van der Waals surface area contributed by atoms with Crippen LogP contribution in [0.15, 0.2) is 24.4 Å². The van der Waals surface area contributed by atoms with Gasteiger partial charge in [0.25, 0.3) is 0 Å². The molecule has 5 nitrogen and oxygen atoms in total. The second-order valence-electron chi connectivity index (χ2n) is 3.14. The molecule has 1 heterocycles. The molecule has 1 atom stereocenters. The first-order valence-electron chi connectivity index (χ1n) is 4.24. The Bertz CT molecular complexity index is 282. The molecule has 6 heteroatoms. The van der Waals surface area contributed by atoms with Crippen LogP contribution in [0.4, 0.5) is 0 Å². The molecule has 1 rings (SSSR count). The first-order valence-corrected chi connectivity index (χ1v) is 6.16. The van der Waals surface area contributed by atoms with Gasteiger partial charge in [0.1, 0.15) is 5.67 Å². The van der Waals surface area contributed by atoms with Crippen molar-refractivity contribution >= 4 is 14.7 Å². The summed E-state index contributed by atoms with van der Waals surface area (Å²) in [6.45, 7) is 1.40. The molecule has 1 amide bonds. The molecule has 78 valence electrons. The summed E-state index contributed by atoms with van der Waals surface area (Å²) in [7, 11) is -4.29. The number of carbonyl (C=O) groups is 1. The molecule has 0 aromatic rings. The third-order valence-corrected chi connectivity index (χ3v) is 3.45. The van der Waals surface area contributed by atoms with Crippen molar-refractivity contribution in [3.05, 3.63) is 24.4 Å². The number of rotatable bonds is 2. The zero-order chi connectivity index (χ0) is 10.8. The predicted molar refractivity (Wildman–Crippen MR) is 51.6 cm³/mol. The summed E-state index contributed by atoms with van der Waals surface area (Å²) < 4.78 is 0. The van der Waals surface area contributed by atoms with Crippen LogP contribution >= 0.6 is 0 Å². The van der Waals surface area contributed by atoms with Gasteiger partial charge in [-0.2, -0.15) is 0 Å². The minimum atomic E-state index is -4.29. The van der Waals surface area contributed by atoms with Crippen LogP contribution in [-0.4, -0.2) is 39.7 Å². The van der Waals surface area contributed by atoms with Crippen molar-refractivity contribution in [2.75, 3.05) is 0 Å². The molecular weight excluding hydrogens is 202 g/mol. The van der Waals surface area contributed by atoms with Crippen molar-refractivity contribution in [3.8, 4) is 0 Å². The van der Waals surface area contributed by atoms with E-state index in [1.807, 2.05) is 0 Å². The van der Waals surface area contributed by atoms with Crippen LogP contribution < -0.4 is 0 Å². The second-order valence-corrected chi connectivity index (χ2v) is 5.35. The zero-order valence-corrected chi connectivity index (χ0v) is 8.79. The molecular formula is C8H13NO4Si. The average molecular weight is 215 g/mol. The Balaban J connectivity index is 2.81. The lowest BCUT2D eigenvalue weighted by Gasteiger charge is -2.28. The van der Waals surface area contributed by atoms with Gasteiger partial charge in [-0.15, -0.1) is 0 Å². The van der Waals surface area contributed by atoms with Crippen LogP contribution in [0.2, 0.25) is 0 Å². The fourth-order valence-electron chi connectivity index (χ4n) is 1.11. The van der Waals surface area contributed by atoms with Crippen molar-refractivity contribution in [2.45, 2.75) is 19.0 Å². The van der Waals surface area contributed by atoms with Gasteiger partial charge in [0, 0.05) is 12.6 Å². The van der Waals surface area contributed by atoms with Crippen molar-refractivity contribution in [2.24, 2.45) is 0 Å². The number of hydrogen-bond acceptors (Lipinski definition) is 4. The molecule has 0 radical (unpaired) electrons. The van der Waals surface area contributed by atoms with Gasteiger partial charge in [-0.25, -0.2) is 0 Å². The van der Waals surface area contributed by atoms with Crippen molar-refractivity contribution in [1.82, 2.24) is 4.90 Å². The first-order chi connectivity index (χ1) is 6.43. The van der Waals surface area contributed by atoms with E-state index >= 15 is 0 Å². The maximum Gasteiger partial charge on any atom is 0.516 e. The van der Waals surface area contributed by atoms with Gasteiger partial charge in [0.15, 0.2) is 0 Å². The number of nitrogens with zero attached hydrogens (tertiary/aromatic N) is 1. The van der Waals surface area contributed by atoms with Gasteiger partial charge >= 0.3 is 8.80 Å². The van der Waals surface area contributed by atoms with Gasteiger partial charge in [-0.3, -0.25) is 4.79 Å². The molecule has 0 aromatic heterocycles. The predicted octanol–water partition coefficient (Wildman–Crippen LogP) is -0.868. The average Bonchev–Trinajstić information content (AvgIpc) is 2.27. The van der Waals surface area contributed by atoms with Gasteiger partial charge in [-0.1, -0.05) is 12.2 Å². The van der Waals surface area contributed by atoms with Gasteiger partial charge in [0.05, 0.1) is 0 Å². The van der Waals surface area contributed by atoms with Gasteiger partial charge in [0.2, 0.25) is 5.91 Å². The van der Waals surface area contributed by atoms with Crippen LogP contribution in [0.3, 0.4) is 0 Å². The molecule has 0 bridgehead atoms. The molecule has 0 fully saturated rings. The highest BCUT2D eigenvalue weighted by Crippen LogP contribution is 2.12. The standard InChI is InChI=1S/C8H13NO4Si/c1-7(14(11,12)13)9-6-4-2-3-5-8(9)10/h2-4,6-7,11-13H,5H2,1H3. The van der Waals surface area contributed by atoms with Gasteiger partial charge < -0.3 is 19.3 Å². The van der Waals surface area contributed by atoms with Crippen molar-refractivity contribution < 1.29 is 19.2 Å². The highest BCUT2D eigenvalue weighted by molar-refractivity contribution is 6.58. The summed E-state index contributed by atoms with van der Waals surface area (Å²) in [5.41, 5.74) is -0.967.